The number of rotatable bonds is 4. The number of hydrogen-bond acceptors (Lipinski definition) is 2. The molecule has 0 N–H and O–H groups in total. The van der Waals surface area contributed by atoms with Crippen molar-refractivity contribution in [3.8, 4) is 0 Å². The molecule has 9 rings (SSSR count). The molecular weight excluding hydrogens is 364 g/mol. The van der Waals surface area contributed by atoms with Gasteiger partial charge in [0.2, 0.25) is 0 Å². The van der Waals surface area contributed by atoms with E-state index in [1.807, 2.05) is 0 Å². The maximum Gasteiger partial charge on any atom is 0.0326 e. The average Bonchev–Trinajstić information content (AvgIpc) is 2.77. The maximum absolute atomic E-state index is 2.99. The summed E-state index contributed by atoms with van der Waals surface area (Å²) in [5.74, 6) is 0.810. The molecular formula is C28H36N2. The Morgan fingerprint density at radius 3 is 2.07 bits per heavy atom. The zero-order valence-electron chi connectivity index (χ0n) is 19.0. The molecule has 7 fully saturated rings. The second kappa shape index (κ2) is 6.43. The molecule has 5 saturated heterocycles. The van der Waals surface area contributed by atoms with Crippen molar-refractivity contribution in [2.24, 2.45) is 16.7 Å². The Morgan fingerprint density at radius 1 is 0.867 bits per heavy atom. The van der Waals surface area contributed by atoms with E-state index in [9.17, 15) is 0 Å². The fourth-order valence-corrected chi connectivity index (χ4v) is 8.78. The van der Waals surface area contributed by atoms with Crippen molar-refractivity contribution < 1.29 is 0 Å². The molecule has 30 heavy (non-hydrogen) atoms. The summed E-state index contributed by atoms with van der Waals surface area (Å²) >= 11 is 0. The minimum absolute atomic E-state index is 0.386. The number of hydrogen-bond donors (Lipinski definition) is 0. The van der Waals surface area contributed by atoms with E-state index >= 15 is 0 Å². The Balaban J connectivity index is 1.40. The van der Waals surface area contributed by atoms with Crippen molar-refractivity contribution >= 4 is 0 Å². The molecule has 158 valence electrons. The molecule has 5 heterocycles. The highest BCUT2D eigenvalue weighted by Gasteiger charge is 2.73. The lowest BCUT2D eigenvalue weighted by Crippen LogP contribution is -2.85. The van der Waals surface area contributed by atoms with Gasteiger partial charge in [0.25, 0.3) is 0 Å². The summed E-state index contributed by atoms with van der Waals surface area (Å²) in [4.78, 5) is 5.92. The summed E-state index contributed by atoms with van der Waals surface area (Å²) in [6, 6.07) is 25.7. The first-order valence-electron chi connectivity index (χ1n) is 12.1. The van der Waals surface area contributed by atoms with Gasteiger partial charge in [-0.15, -0.1) is 0 Å². The van der Waals surface area contributed by atoms with Gasteiger partial charge in [0, 0.05) is 36.8 Å². The van der Waals surface area contributed by atoms with Gasteiger partial charge in [-0.25, -0.2) is 0 Å². The molecule has 2 nitrogen and oxygen atoms in total. The third-order valence-electron chi connectivity index (χ3n) is 9.63. The first kappa shape index (κ1) is 19.1. The fraction of sp³-hybridized carbons (Fsp3) is 0.571. The van der Waals surface area contributed by atoms with Gasteiger partial charge in [-0.05, 0) is 61.0 Å². The predicted molar refractivity (Wildman–Crippen MR) is 123 cm³/mol. The molecule has 0 spiro atoms. The van der Waals surface area contributed by atoms with Crippen molar-refractivity contribution in [3.63, 3.8) is 0 Å². The molecule has 1 unspecified atom stereocenters. The van der Waals surface area contributed by atoms with Crippen LogP contribution in [0.1, 0.15) is 70.2 Å². The Hall–Kier alpha value is -1.64. The third kappa shape index (κ3) is 2.38. The summed E-state index contributed by atoms with van der Waals surface area (Å²) in [5, 5.41) is 0. The lowest BCUT2D eigenvalue weighted by Gasteiger charge is -2.80. The Morgan fingerprint density at radius 2 is 1.47 bits per heavy atom. The highest BCUT2D eigenvalue weighted by Crippen LogP contribution is 2.70. The molecule has 2 aromatic carbocycles. The molecule has 8 atom stereocenters. The van der Waals surface area contributed by atoms with Crippen molar-refractivity contribution in [1.29, 1.82) is 0 Å². The van der Waals surface area contributed by atoms with Crippen molar-refractivity contribution in [1.82, 2.24) is 9.80 Å². The lowest BCUT2D eigenvalue weighted by atomic mass is 9.40. The highest BCUT2D eigenvalue weighted by atomic mass is 15.4. The average molecular weight is 401 g/mol. The SMILES string of the molecule is C[C@H](c1ccccc1)N1CC2(C)C[C@@H]3[C@H]1[C@@]1(C)CC[C@@H]3N([C@H](C)c3ccccc3)[C@@H]21. The van der Waals surface area contributed by atoms with Crippen LogP contribution in [0.25, 0.3) is 0 Å². The maximum atomic E-state index is 2.99. The van der Waals surface area contributed by atoms with Crippen LogP contribution in [0.3, 0.4) is 0 Å². The van der Waals surface area contributed by atoms with E-state index in [0.717, 1.165) is 18.0 Å². The van der Waals surface area contributed by atoms with E-state index in [1.54, 1.807) is 0 Å². The van der Waals surface area contributed by atoms with Gasteiger partial charge in [0.05, 0.1) is 0 Å². The first-order valence-corrected chi connectivity index (χ1v) is 12.1. The second-order valence-electron chi connectivity index (χ2n) is 11.3. The Bertz CT molecular complexity index is 926. The zero-order valence-corrected chi connectivity index (χ0v) is 19.0. The molecule has 0 amide bonds. The van der Waals surface area contributed by atoms with Crippen LogP contribution in [-0.2, 0) is 0 Å². The van der Waals surface area contributed by atoms with Crippen LogP contribution in [0.5, 0.6) is 0 Å². The molecule has 2 saturated carbocycles. The first-order chi connectivity index (χ1) is 14.4. The molecule has 5 aliphatic heterocycles. The number of nitrogens with zero attached hydrogens (tertiary/aromatic N) is 2. The standard InChI is InChI=1S/C28H36N2/c1-19(21-11-7-5-8-12-21)29-18-27(3)17-23-24-15-16-28(4,25(23)29)26(27)30(24)20(2)22-13-9-6-10-14-22/h5-14,19-20,23-26H,15-18H2,1-4H3/t19-,20-,23+,24+,25+,26+,27?,28-/m1/s1. The van der Waals surface area contributed by atoms with Gasteiger partial charge in [-0.1, -0.05) is 74.5 Å². The van der Waals surface area contributed by atoms with Crippen LogP contribution >= 0.6 is 0 Å². The van der Waals surface area contributed by atoms with Crippen molar-refractivity contribution in [2.75, 3.05) is 6.54 Å². The van der Waals surface area contributed by atoms with Gasteiger partial charge in [0.1, 0.15) is 0 Å². The Kier molecular flexibility index (Phi) is 4.09. The quantitative estimate of drug-likeness (QED) is 0.614. The summed E-state index contributed by atoms with van der Waals surface area (Å²) in [6.45, 7) is 11.4. The summed E-state index contributed by atoms with van der Waals surface area (Å²) < 4.78 is 0. The van der Waals surface area contributed by atoms with Crippen LogP contribution < -0.4 is 0 Å². The Labute approximate surface area is 182 Å². The summed E-state index contributed by atoms with van der Waals surface area (Å²) in [6.07, 6.45) is 4.21. The van der Waals surface area contributed by atoms with Crippen LogP contribution in [0.4, 0.5) is 0 Å². The molecule has 2 aromatic rings. The summed E-state index contributed by atoms with van der Waals surface area (Å²) in [7, 11) is 0. The third-order valence-corrected chi connectivity index (χ3v) is 9.63. The van der Waals surface area contributed by atoms with Gasteiger partial charge in [0.15, 0.2) is 0 Å². The van der Waals surface area contributed by atoms with Gasteiger partial charge >= 0.3 is 0 Å². The largest absolute Gasteiger partial charge is 0.292 e. The van der Waals surface area contributed by atoms with E-state index in [-0.39, 0.29) is 0 Å². The van der Waals surface area contributed by atoms with Crippen molar-refractivity contribution in [3.05, 3.63) is 71.8 Å². The van der Waals surface area contributed by atoms with Gasteiger partial charge in [-0.2, -0.15) is 0 Å². The minimum atomic E-state index is 0.386. The topological polar surface area (TPSA) is 6.48 Å². The van der Waals surface area contributed by atoms with Crippen LogP contribution in [0.15, 0.2) is 60.7 Å². The number of fused-ring (bicyclic) bond motifs is 2. The smallest absolute Gasteiger partial charge is 0.0326 e. The van der Waals surface area contributed by atoms with E-state index in [1.165, 1.54) is 36.9 Å². The fourth-order valence-electron chi connectivity index (χ4n) is 8.78. The van der Waals surface area contributed by atoms with E-state index in [2.05, 4.69) is 98.2 Å². The predicted octanol–water partition coefficient (Wildman–Crippen LogP) is 6.07. The molecule has 0 radical (unpaired) electrons. The lowest BCUT2D eigenvalue weighted by molar-refractivity contribution is -0.300. The van der Waals surface area contributed by atoms with E-state index in [0.29, 0.717) is 29.0 Å². The summed E-state index contributed by atoms with van der Waals surface area (Å²) in [5.41, 5.74) is 3.76. The zero-order chi connectivity index (χ0) is 20.7. The molecule has 6 bridgehead atoms. The molecule has 7 aliphatic rings. The van der Waals surface area contributed by atoms with Crippen LogP contribution in [0, 0.1) is 16.7 Å². The van der Waals surface area contributed by atoms with Crippen LogP contribution in [-0.4, -0.2) is 34.5 Å². The monoisotopic (exact) mass is 400 g/mol. The molecule has 0 aromatic heterocycles. The van der Waals surface area contributed by atoms with Gasteiger partial charge in [-0.3, -0.25) is 9.80 Å². The van der Waals surface area contributed by atoms with E-state index in [4.69, 9.17) is 0 Å². The number of piperidine rings is 5. The van der Waals surface area contributed by atoms with E-state index < -0.39 is 0 Å². The normalized spacial score (nSPS) is 41.9. The molecule has 2 heteroatoms. The molecule has 2 aliphatic carbocycles. The second-order valence-corrected chi connectivity index (χ2v) is 11.3. The van der Waals surface area contributed by atoms with Crippen LogP contribution in [0.2, 0.25) is 0 Å². The number of benzene rings is 2. The highest BCUT2D eigenvalue weighted by molar-refractivity contribution is 5.31. The van der Waals surface area contributed by atoms with Crippen molar-refractivity contribution in [2.45, 2.75) is 77.2 Å². The minimum Gasteiger partial charge on any atom is -0.292 e. The van der Waals surface area contributed by atoms with Gasteiger partial charge < -0.3 is 0 Å².